The van der Waals surface area contributed by atoms with Gasteiger partial charge in [-0.1, -0.05) is 18.2 Å². The van der Waals surface area contributed by atoms with Gasteiger partial charge in [0.2, 0.25) is 0 Å². The Kier molecular flexibility index (Phi) is 5.74. The van der Waals surface area contributed by atoms with Crippen LogP contribution in [0.25, 0.3) is 0 Å². The number of rotatable bonds is 5. The number of nitrogens with two attached hydrogens (primary N) is 1. The minimum absolute atomic E-state index is 0.00160. The van der Waals surface area contributed by atoms with Crippen LogP contribution in [0.5, 0.6) is 0 Å². The summed E-state index contributed by atoms with van der Waals surface area (Å²) in [5, 5.41) is 0. The minimum Gasteiger partial charge on any atom is -0.469 e. The van der Waals surface area contributed by atoms with Gasteiger partial charge in [-0.2, -0.15) is 0 Å². The molecule has 0 amide bonds. The fourth-order valence-corrected chi connectivity index (χ4v) is 3.89. The highest BCUT2D eigenvalue weighted by Gasteiger charge is 2.64. The number of esters is 4. The first kappa shape index (κ1) is 21.9. The Bertz CT molecular complexity index is 1040. The zero-order valence-electron chi connectivity index (χ0n) is 17.5. The van der Waals surface area contributed by atoms with E-state index in [0.29, 0.717) is 5.69 Å². The van der Waals surface area contributed by atoms with Crippen LogP contribution < -0.4 is 10.6 Å². The molecule has 0 aromatic heterocycles. The van der Waals surface area contributed by atoms with Crippen LogP contribution in [0.15, 0.2) is 47.0 Å². The Labute approximate surface area is 178 Å². The number of para-hydroxylation sites is 1. The van der Waals surface area contributed by atoms with E-state index in [0.717, 1.165) is 14.2 Å². The average Bonchev–Trinajstić information content (AvgIpc) is 3.03. The number of nitrogens with zero attached hydrogens (tertiary/aromatic N) is 1. The Hall–Kier alpha value is -3.82. The smallest absolute Gasteiger partial charge is 0.339 e. The summed E-state index contributed by atoms with van der Waals surface area (Å²) in [6.07, 6.45) is -0.525. The van der Waals surface area contributed by atoms with Gasteiger partial charge < -0.3 is 29.6 Å². The number of carbonyl (C=O) groups is 4. The number of cyclic esters (lactones) is 1. The van der Waals surface area contributed by atoms with Crippen LogP contribution in [-0.4, -0.2) is 51.8 Å². The van der Waals surface area contributed by atoms with Gasteiger partial charge in [0.1, 0.15) is 29.1 Å². The van der Waals surface area contributed by atoms with E-state index < -0.39 is 35.7 Å². The highest BCUT2D eigenvalue weighted by Crippen LogP contribution is 2.54. The van der Waals surface area contributed by atoms with Crippen LogP contribution >= 0.6 is 0 Å². The summed E-state index contributed by atoms with van der Waals surface area (Å²) in [6.45, 7) is 1.59. The van der Waals surface area contributed by atoms with Crippen molar-refractivity contribution in [2.24, 2.45) is 5.73 Å². The summed E-state index contributed by atoms with van der Waals surface area (Å²) >= 11 is 0. The zero-order chi connectivity index (χ0) is 22.9. The van der Waals surface area contributed by atoms with Crippen molar-refractivity contribution >= 4 is 29.6 Å². The zero-order valence-corrected chi connectivity index (χ0v) is 17.5. The van der Waals surface area contributed by atoms with Crippen molar-refractivity contribution in [1.29, 1.82) is 0 Å². The van der Waals surface area contributed by atoms with E-state index in [1.807, 2.05) is 0 Å². The Morgan fingerprint density at radius 3 is 2.39 bits per heavy atom. The normalized spacial score (nSPS) is 19.9. The Morgan fingerprint density at radius 1 is 1.10 bits per heavy atom. The molecule has 1 aromatic carbocycles. The summed E-state index contributed by atoms with van der Waals surface area (Å²) in [5.41, 5.74) is 4.33. The molecule has 31 heavy (non-hydrogen) atoms. The van der Waals surface area contributed by atoms with Gasteiger partial charge in [-0.15, -0.1) is 0 Å². The highest BCUT2D eigenvalue weighted by molar-refractivity contribution is 6.16. The third kappa shape index (κ3) is 3.11. The van der Waals surface area contributed by atoms with Crippen LogP contribution in [0.3, 0.4) is 0 Å². The molecule has 2 aliphatic rings. The molecule has 164 valence electrons. The second kappa shape index (κ2) is 8.13. The molecule has 10 nitrogen and oxygen atoms in total. The van der Waals surface area contributed by atoms with Crippen molar-refractivity contribution < 1.29 is 38.1 Å². The summed E-state index contributed by atoms with van der Waals surface area (Å²) in [7, 11) is 3.87. The van der Waals surface area contributed by atoms with Gasteiger partial charge in [0.15, 0.2) is 5.41 Å². The molecule has 2 N–H and O–H groups in total. The minimum atomic E-state index is -2.07. The van der Waals surface area contributed by atoms with Crippen molar-refractivity contribution in [2.45, 2.75) is 18.8 Å². The third-order valence-corrected chi connectivity index (χ3v) is 5.24. The summed E-state index contributed by atoms with van der Waals surface area (Å²) in [4.78, 5) is 52.9. The number of anilines is 1. The van der Waals surface area contributed by atoms with E-state index in [1.165, 1.54) is 4.90 Å². The Morgan fingerprint density at radius 2 is 1.77 bits per heavy atom. The van der Waals surface area contributed by atoms with Gasteiger partial charge in [-0.3, -0.25) is 4.79 Å². The van der Waals surface area contributed by atoms with Crippen molar-refractivity contribution in [3.8, 4) is 0 Å². The SMILES string of the molecule is CCOC(=O)C1=C(N)N(C)c2ccccc2[C@@]12C(=O)OC(CC(=O)OC)=C2C(=O)OC. The Balaban J connectivity index is 2.45. The molecule has 0 fully saturated rings. The molecule has 2 aliphatic heterocycles. The molecule has 2 heterocycles. The first-order chi connectivity index (χ1) is 14.7. The molecule has 0 aliphatic carbocycles. The number of hydrogen-bond donors (Lipinski definition) is 1. The molecular formula is C21H22N2O8. The monoisotopic (exact) mass is 430 g/mol. The van der Waals surface area contributed by atoms with Gasteiger partial charge in [0.05, 0.1) is 20.8 Å². The first-order valence-corrected chi connectivity index (χ1v) is 9.37. The average molecular weight is 430 g/mol. The number of methoxy groups -OCH3 is 2. The van der Waals surface area contributed by atoms with Crippen LogP contribution in [-0.2, 0) is 43.5 Å². The van der Waals surface area contributed by atoms with Crippen molar-refractivity contribution in [2.75, 3.05) is 32.8 Å². The van der Waals surface area contributed by atoms with Gasteiger partial charge in [-0.25, -0.2) is 14.4 Å². The van der Waals surface area contributed by atoms with Gasteiger partial charge in [-0.05, 0) is 13.0 Å². The maximum atomic E-state index is 13.5. The fraction of sp³-hybridized carbons (Fsp3) is 0.333. The largest absolute Gasteiger partial charge is 0.469 e. The number of carbonyl (C=O) groups excluding carboxylic acids is 4. The lowest BCUT2D eigenvalue weighted by Gasteiger charge is -2.39. The predicted octanol–water partition coefficient (Wildman–Crippen LogP) is 0.655. The van der Waals surface area contributed by atoms with E-state index >= 15 is 0 Å². The maximum absolute atomic E-state index is 13.5. The summed E-state index contributed by atoms with van der Waals surface area (Å²) < 4.78 is 20.1. The lowest BCUT2D eigenvalue weighted by Crippen LogP contribution is -2.50. The van der Waals surface area contributed by atoms with Crippen LogP contribution in [0.2, 0.25) is 0 Å². The van der Waals surface area contributed by atoms with E-state index in [1.54, 1.807) is 38.2 Å². The first-order valence-electron chi connectivity index (χ1n) is 9.37. The predicted molar refractivity (Wildman–Crippen MR) is 106 cm³/mol. The molecule has 0 radical (unpaired) electrons. The molecule has 0 unspecified atom stereocenters. The lowest BCUT2D eigenvalue weighted by atomic mass is 9.66. The molecular weight excluding hydrogens is 408 g/mol. The van der Waals surface area contributed by atoms with Crippen molar-refractivity contribution in [3.05, 3.63) is 52.6 Å². The molecule has 0 saturated heterocycles. The molecule has 1 aromatic rings. The van der Waals surface area contributed by atoms with E-state index in [9.17, 15) is 19.2 Å². The van der Waals surface area contributed by atoms with E-state index in [4.69, 9.17) is 19.9 Å². The molecule has 0 saturated carbocycles. The number of ether oxygens (including phenoxy) is 4. The van der Waals surface area contributed by atoms with Gasteiger partial charge >= 0.3 is 23.9 Å². The number of fused-ring (bicyclic) bond motifs is 2. The number of hydrogen-bond acceptors (Lipinski definition) is 10. The molecule has 0 bridgehead atoms. The second-order valence-electron chi connectivity index (χ2n) is 6.74. The summed E-state index contributed by atoms with van der Waals surface area (Å²) in [6, 6.07) is 6.59. The standard InChI is InChI=1S/C21H22N2O8/c1-5-30-19(26)16-17(22)23(2)12-9-7-6-8-11(12)21(16)15(18(25)29-4)13(31-20(21)27)10-14(24)28-3/h6-9H,5,10,22H2,1-4H3/t21-/m0/s1. The van der Waals surface area contributed by atoms with Gasteiger partial charge in [0, 0.05) is 18.3 Å². The third-order valence-electron chi connectivity index (χ3n) is 5.24. The number of benzene rings is 1. The quantitative estimate of drug-likeness (QED) is 0.524. The fourth-order valence-electron chi connectivity index (χ4n) is 3.89. The van der Waals surface area contributed by atoms with Gasteiger partial charge in [0.25, 0.3) is 0 Å². The summed E-state index contributed by atoms with van der Waals surface area (Å²) in [5.74, 6) is -3.97. The molecule has 1 atom stereocenters. The second-order valence-corrected chi connectivity index (χ2v) is 6.74. The van der Waals surface area contributed by atoms with Crippen LogP contribution in [0, 0.1) is 0 Å². The van der Waals surface area contributed by atoms with E-state index in [-0.39, 0.29) is 34.9 Å². The molecule has 3 rings (SSSR count). The van der Waals surface area contributed by atoms with Crippen molar-refractivity contribution in [3.63, 3.8) is 0 Å². The maximum Gasteiger partial charge on any atom is 0.339 e. The molecule has 1 spiro atoms. The van der Waals surface area contributed by atoms with Crippen LogP contribution in [0.4, 0.5) is 5.69 Å². The highest BCUT2D eigenvalue weighted by atomic mass is 16.6. The van der Waals surface area contributed by atoms with E-state index in [2.05, 4.69) is 4.74 Å². The van der Waals surface area contributed by atoms with Crippen LogP contribution in [0.1, 0.15) is 18.9 Å². The van der Waals surface area contributed by atoms with Crippen molar-refractivity contribution in [1.82, 2.24) is 0 Å². The lowest BCUT2D eigenvalue weighted by molar-refractivity contribution is -0.147. The topological polar surface area (TPSA) is 134 Å². The molecule has 10 heteroatoms.